The van der Waals surface area contributed by atoms with Crippen molar-refractivity contribution in [1.82, 2.24) is 25.0 Å². The van der Waals surface area contributed by atoms with Crippen molar-refractivity contribution in [3.05, 3.63) is 17.5 Å². The molecule has 0 spiro atoms. The monoisotopic (exact) mass is 250 g/mol. The third-order valence-electron chi connectivity index (χ3n) is 2.23. The summed E-state index contributed by atoms with van der Waals surface area (Å²) < 4.78 is 6.66. The summed E-state index contributed by atoms with van der Waals surface area (Å²) >= 11 is 0. The number of nitrogens with zero attached hydrogens (tertiary/aromatic N) is 4. The fourth-order valence-electron chi connectivity index (χ4n) is 1.49. The minimum Gasteiger partial charge on any atom is -0.463 e. The van der Waals surface area contributed by atoms with E-state index >= 15 is 0 Å². The molecule has 0 unspecified atom stereocenters. The van der Waals surface area contributed by atoms with Crippen molar-refractivity contribution < 1.29 is 9.53 Å². The summed E-state index contributed by atoms with van der Waals surface area (Å²) in [5.74, 6) is -0.0495. The van der Waals surface area contributed by atoms with Gasteiger partial charge in [-0.3, -0.25) is 14.8 Å². The van der Waals surface area contributed by atoms with Crippen LogP contribution in [0.1, 0.15) is 23.0 Å². The molecule has 0 bridgehead atoms. The molecular weight excluding hydrogens is 236 g/mol. The number of hydrogen-bond acceptors (Lipinski definition) is 5. The Kier molecular flexibility index (Phi) is 3.26. The van der Waals surface area contributed by atoms with E-state index in [1.807, 2.05) is 6.92 Å². The van der Waals surface area contributed by atoms with E-state index in [0.717, 1.165) is 0 Å². The van der Waals surface area contributed by atoms with Gasteiger partial charge in [0.25, 0.3) is 5.91 Å². The van der Waals surface area contributed by atoms with Gasteiger partial charge in [0.15, 0.2) is 0 Å². The second-order valence-corrected chi connectivity index (χ2v) is 3.66. The van der Waals surface area contributed by atoms with Crippen LogP contribution in [0.3, 0.4) is 0 Å². The molecular formula is C10H14N6O2. The molecule has 96 valence electrons. The van der Waals surface area contributed by atoms with E-state index in [1.54, 1.807) is 24.9 Å². The average molecular weight is 250 g/mol. The van der Waals surface area contributed by atoms with E-state index in [4.69, 9.17) is 4.74 Å². The Balaban J connectivity index is 2.08. The first-order valence-electron chi connectivity index (χ1n) is 5.47. The van der Waals surface area contributed by atoms with Crippen molar-refractivity contribution >= 4 is 11.9 Å². The molecule has 0 aliphatic heterocycles. The first-order chi connectivity index (χ1) is 8.60. The highest BCUT2D eigenvalue weighted by Crippen LogP contribution is 2.09. The Morgan fingerprint density at radius 1 is 1.61 bits per heavy atom. The molecule has 8 nitrogen and oxygen atoms in total. The molecule has 2 N–H and O–H groups in total. The molecule has 0 aliphatic carbocycles. The van der Waals surface area contributed by atoms with Gasteiger partial charge in [0.2, 0.25) is 5.95 Å². The van der Waals surface area contributed by atoms with Crippen LogP contribution < -0.4 is 10.1 Å². The summed E-state index contributed by atoms with van der Waals surface area (Å²) in [5.41, 5.74) is 1.14. The zero-order valence-corrected chi connectivity index (χ0v) is 10.4. The van der Waals surface area contributed by atoms with Gasteiger partial charge >= 0.3 is 6.01 Å². The molecule has 0 aliphatic rings. The summed E-state index contributed by atoms with van der Waals surface area (Å²) in [4.78, 5) is 15.9. The van der Waals surface area contributed by atoms with Crippen molar-refractivity contribution in [3.63, 3.8) is 0 Å². The molecule has 0 aromatic carbocycles. The SMILES string of the molecule is CCOc1n[nH]c(NC(=O)c2cn(C)nc2C)n1. The Bertz CT molecular complexity index is 558. The molecule has 18 heavy (non-hydrogen) atoms. The van der Waals surface area contributed by atoms with Crippen LogP contribution in [-0.4, -0.2) is 37.5 Å². The minimum atomic E-state index is -0.292. The number of hydrogen-bond donors (Lipinski definition) is 2. The van der Waals surface area contributed by atoms with Gasteiger partial charge in [-0.2, -0.15) is 10.1 Å². The smallest absolute Gasteiger partial charge is 0.337 e. The molecule has 2 aromatic rings. The number of rotatable bonds is 4. The first-order valence-corrected chi connectivity index (χ1v) is 5.47. The number of carbonyl (C=O) groups excluding carboxylic acids is 1. The predicted octanol–water partition coefficient (Wildman–Crippen LogP) is 0.498. The van der Waals surface area contributed by atoms with Gasteiger partial charge in [0.1, 0.15) is 0 Å². The number of anilines is 1. The number of carbonyl (C=O) groups is 1. The zero-order valence-electron chi connectivity index (χ0n) is 10.4. The lowest BCUT2D eigenvalue weighted by molar-refractivity contribution is 0.102. The van der Waals surface area contributed by atoms with Crippen LogP contribution in [0.4, 0.5) is 5.95 Å². The van der Waals surface area contributed by atoms with Gasteiger partial charge in [-0.15, -0.1) is 5.10 Å². The van der Waals surface area contributed by atoms with Gasteiger partial charge in [-0.1, -0.05) is 0 Å². The van der Waals surface area contributed by atoms with Crippen LogP contribution in [0.25, 0.3) is 0 Å². The molecule has 2 aromatic heterocycles. The predicted molar refractivity (Wildman–Crippen MR) is 63.4 cm³/mol. The number of aromatic amines is 1. The zero-order chi connectivity index (χ0) is 13.1. The van der Waals surface area contributed by atoms with Crippen molar-refractivity contribution in [2.45, 2.75) is 13.8 Å². The van der Waals surface area contributed by atoms with Crippen molar-refractivity contribution in [3.8, 4) is 6.01 Å². The van der Waals surface area contributed by atoms with Gasteiger partial charge in [0, 0.05) is 13.2 Å². The van der Waals surface area contributed by atoms with Gasteiger partial charge in [-0.05, 0) is 13.8 Å². The number of H-pyrrole nitrogens is 1. The van der Waals surface area contributed by atoms with Crippen LogP contribution in [0.5, 0.6) is 6.01 Å². The molecule has 2 rings (SSSR count). The molecule has 0 radical (unpaired) electrons. The second-order valence-electron chi connectivity index (χ2n) is 3.66. The van der Waals surface area contributed by atoms with Gasteiger partial charge in [0.05, 0.1) is 17.9 Å². The lowest BCUT2D eigenvalue weighted by Crippen LogP contribution is -2.13. The highest BCUT2D eigenvalue weighted by atomic mass is 16.5. The quantitative estimate of drug-likeness (QED) is 0.823. The Morgan fingerprint density at radius 3 is 3.00 bits per heavy atom. The van der Waals surface area contributed by atoms with Crippen molar-refractivity contribution in [1.29, 1.82) is 0 Å². The van der Waals surface area contributed by atoms with Gasteiger partial charge in [-0.25, -0.2) is 5.10 Å². The Morgan fingerprint density at radius 2 is 2.39 bits per heavy atom. The minimum absolute atomic E-state index is 0.204. The van der Waals surface area contributed by atoms with E-state index in [9.17, 15) is 4.79 Å². The number of aromatic nitrogens is 5. The molecule has 0 atom stereocenters. The first kappa shape index (κ1) is 12.1. The van der Waals surface area contributed by atoms with E-state index in [2.05, 4.69) is 25.6 Å². The van der Waals surface area contributed by atoms with E-state index < -0.39 is 0 Å². The number of amides is 1. The number of aryl methyl sites for hydroxylation is 2. The standard InChI is InChI=1S/C10H14N6O2/c1-4-18-10-12-9(13-14-10)11-8(17)7-5-16(3)15-6(7)2/h5H,4H2,1-3H3,(H2,11,12,13,14,17). The topological polar surface area (TPSA) is 97.7 Å². The average Bonchev–Trinajstić information content (AvgIpc) is 2.86. The summed E-state index contributed by atoms with van der Waals surface area (Å²) in [7, 11) is 1.76. The fourth-order valence-corrected chi connectivity index (χ4v) is 1.49. The highest BCUT2D eigenvalue weighted by Gasteiger charge is 2.14. The lowest BCUT2D eigenvalue weighted by Gasteiger charge is -1.98. The van der Waals surface area contributed by atoms with Crippen LogP contribution >= 0.6 is 0 Å². The summed E-state index contributed by atoms with van der Waals surface area (Å²) in [6.07, 6.45) is 1.64. The van der Waals surface area contributed by atoms with Crippen LogP contribution in [-0.2, 0) is 7.05 Å². The van der Waals surface area contributed by atoms with Crippen LogP contribution in [0.2, 0.25) is 0 Å². The molecule has 0 fully saturated rings. The van der Waals surface area contributed by atoms with E-state index in [0.29, 0.717) is 17.9 Å². The molecule has 0 saturated carbocycles. The van der Waals surface area contributed by atoms with Crippen molar-refractivity contribution in [2.24, 2.45) is 7.05 Å². The third kappa shape index (κ3) is 2.47. The summed E-state index contributed by atoms with van der Waals surface area (Å²) in [6, 6.07) is 0.204. The van der Waals surface area contributed by atoms with Crippen LogP contribution in [0.15, 0.2) is 6.20 Å². The van der Waals surface area contributed by atoms with Gasteiger partial charge < -0.3 is 4.74 Å². The fraction of sp³-hybridized carbons (Fsp3) is 0.400. The van der Waals surface area contributed by atoms with E-state index in [-0.39, 0.29) is 17.9 Å². The third-order valence-corrected chi connectivity index (χ3v) is 2.23. The maximum Gasteiger partial charge on any atom is 0.337 e. The van der Waals surface area contributed by atoms with E-state index in [1.165, 1.54) is 0 Å². The Labute approximate surface area is 103 Å². The normalized spacial score (nSPS) is 10.4. The molecule has 0 saturated heterocycles. The maximum absolute atomic E-state index is 11.9. The number of nitrogens with one attached hydrogen (secondary N) is 2. The Hall–Kier alpha value is -2.38. The molecule has 1 amide bonds. The highest BCUT2D eigenvalue weighted by molar-refractivity contribution is 6.03. The largest absolute Gasteiger partial charge is 0.463 e. The molecule has 2 heterocycles. The maximum atomic E-state index is 11.9. The summed E-state index contributed by atoms with van der Waals surface area (Å²) in [6.45, 7) is 4.06. The van der Waals surface area contributed by atoms with Crippen molar-refractivity contribution in [2.75, 3.05) is 11.9 Å². The summed E-state index contributed by atoms with van der Waals surface area (Å²) in [5, 5.41) is 13.0. The van der Waals surface area contributed by atoms with Crippen LogP contribution in [0, 0.1) is 6.92 Å². The number of ether oxygens (including phenoxy) is 1. The lowest BCUT2D eigenvalue weighted by atomic mass is 10.2. The molecule has 8 heteroatoms. The second kappa shape index (κ2) is 4.86.